The summed E-state index contributed by atoms with van der Waals surface area (Å²) < 4.78 is 0. The smallest absolute Gasteiger partial charge is 0.101 e. The molecule has 0 radical (unpaired) electrons. The Labute approximate surface area is 124 Å². The van der Waals surface area contributed by atoms with Gasteiger partial charge >= 0.3 is 0 Å². The molecule has 1 aliphatic rings. The van der Waals surface area contributed by atoms with Crippen LogP contribution >= 0.6 is 0 Å². The van der Waals surface area contributed by atoms with Crippen molar-refractivity contribution in [3.05, 3.63) is 64.7 Å². The second kappa shape index (κ2) is 5.69. The van der Waals surface area contributed by atoms with Crippen molar-refractivity contribution in [1.82, 2.24) is 0 Å². The summed E-state index contributed by atoms with van der Waals surface area (Å²) in [5.41, 5.74) is 4.44. The van der Waals surface area contributed by atoms with E-state index < -0.39 is 0 Å². The molecule has 0 atom stereocenters. The maximum Gasteiger partial charge on any atom is 0.101 e. The summed E-state index contributed by atoms with van der Waals surface area (Å²) in [7, 11) is 0. The third-order valence-electron chi connectivity index (χ3n) is 3.82. The van der Waals surface area contributed by atoms with E-state index in [0.717, 1.165) is 18.2 Å². The minimum atomic E-state index is 0.415. The Morgan fingerprint density at radius 3 is 2.48 bits per heavy atom. The van der Waals surface area contributed by atoms with Crippen LogP contribution in [0.2, 0.25) is 0 Å². The second-order valence-electron chi connectivity index (χ2n) is 5.31. The van der Waals surface area contributed by atoms with Crippen molar-refractivity contribution in [1.29, 1.82) is 10.5 Å². The maximum absolute atomic E-state index is 9.06. The first kappa shape index (κ1) is 13.2. The number of nitrogens with one attached hydrogen (secondary N) is 1. The molecule has 0 heterocycles. The van der Waals surface area contributed by atoms with Gasteiger partial charge in [0.1, 0.15) is 12.1 Å². The molecule has 2 aromatic rings. The van der Waals surface area contributed by atoms with E-state index in [-0.39, 0.29) is 0 Å². The van der Waals surface area contributed by atoms with E-state index in [2.05, 4.69) is 35.7 Å². The highest BCUT2D eigenvalue weighted by atomic mass is 14.9. The first-order chi connectivity index (χ1) is 10.3. The van der Waals surface area contributed by atoms with Crippen molar-refractivity contribution in [2.75, 3.05) is 5.32 Å². The lowest BCUT2D eigenvalue weighted by molar-refractivity contribution is 1.04. The first-order valence-electron chi connectivity index (χ1n) is 7.07. The molecule has 0 saturated heterocycles. The standard InChI is InChI=1S/C18H15N3/c19-10-14-7-8-17(9-16(14)11-20)21-12-15-3-1-2-4-18(15)13-5-6-13/h1-4,7-9,13,21H,5-6,12H2. The minimum Gasteiger partial charge on any atom is -0.381 e. The van der Waals surface area contributed by atoms with Gasteiger partial charge in [-0.2, -0.15) is 10.5 Å². The predicted molar refractivity (Wildman–Crippen MR) is 81.6 cm³/mol. The molecule has 0 unspecified atom stereocenters. The number of nitrogens with zero attached hydrogens (tertiary/aromatic N) is 2. The van der Waals surface area contributed by atoms with Gasteiger partial charge in [-0.25, -0.2) is 0 Å². The van der Waals surface area contributed by atoms with E-state index in [1.165, 1.54) is 24.0 Å². The van der Waals surface area contributed by atoms with E-state index in [9.17, 15) is 0 Å². The quantitative estimate of drug-likeness (QED) is 0.918. The third-order valence-corrected chi connectivity index (χ3v) is 3.82. The molecule has 0 aromatic heterocycles. The van der Waals surface area contributed by atoms with Crippen molar-refractivity contribution in [2.24, 2.45) is 0 Å². The molecule has 102 valence electrons. The Balaban J connectivity index is 1.77. The van der Waals surface area contributed by atoms with Gasteiger partial charge in [0.25, 0.3) is 0 Å². The summed E-state index contributed by atoms with van der Waals surface area (Å²) in [6, 6.07) is 17.9. The van der Waals surface area contributed by atoms with E-state index in [4.69, 9.17) is 10.5 Å². The number of rotatable bonds is 4. The van der Waals surface area contributed by atoms with Gasteiger partial charge in [-0.1, -0.05) is 24.3 Å². The van der Waals surface area contributed by atoms with Gasteiger partial charge in [0.05, 0.1) is 11.1 Å². The molecule has 0 aliphatic heterocycles. The molecule has 0 amide bonds. The van der Waals surface area contributed by atoms with Gasteiger partial charge in [0, 0.05) is 12.2 Å². The van der Waals surface area contributed by atoms with Gasteiger partial charge in [0.2, 0.25) is 0 Å². The van der Waals surface area contributed by atoms with E-state index in [1.807, 2.05) is 12.1 Å². The van der Waals surface area contributed by atoms with Crippen LogP contribution in [0.3, 0.4) is 0 Å². The van der Waals surface area contributed by atoms with E-state index in [1.54, 1.807) is 12.1 Å². The van der Waals surface area contributed by atoms with Crippen molar-refractivity contribution in [3.63, 3.8) is 0 Å². The van der Waals surface area contributed by atoms with Crippen molar-refractivity contribution in [2.45, 2.75) is 25.3 Å². The van der Waals surface area contributed by atoms with Crippen molar-refractivity contribution in [3.8, 4) is 12.1 Å². The summed E-state index contributed by atoms with van der Waals surface area (Å²) in [5.74, 6) is 0.721. The molecule has 0 bridgehead atoms. The molecule has 0 spiro atoms. The second-order valence-corrected chi connectivity index (χ2v) is 5.31. The zero-order valence-electron chi connectivity index (χ0n) is 11.6. The van der Waals surface area contributed by atoms with Crippen LogP contribution in [0.25, 0.3) is 0 Å². The number of nitriles is 2. The molecule has 3 heteroatoms. The normalized spacial score (nSPS) is 13.2. The lowest BCUT2D eigenvalue weighted by Crippen LogP contribution is -2.03. The molecule has 2 aromatic carbocycles. The van der Waals surface area contributed by atoms with Gasteiger partial charge in [-0.15, -0.1) is 0 Å². The number of hydrogen-bond donors (Lipinski definition) is 1. The molecule has 1 saturated carbocycles. The first-order valence-corrected chi connectivity index (χ1v) is 7.07. The minimum absolute atomic E-state index is 0.415. The van der Waals surface area contributed by atoms with Crippen LogP contribution in [-0.2, 0) is 6.54 Å². The lowest BCUT2D eigenvalue weighted by atomic mass is 10.0. The highest BCUT2D eigenvalue weighted by molar-refractivity contribution is 5.56. The fourth-order valence-corrected chi connectivity index (χ4v) is 2.53. The zero-order valence-corrected chi connectivity index (χ0v) is 11.6. The summed E-state index contributed by atoms with van der Waals surface area (Å²) in [6.07, 6.45) is 2.57. The average molecular weight is 273 g/mol. The van der Waals surface area contributed by atoms with Crippen LogP contribution in [0.5, 0.6) is 0 Å². The SMILES string of the molecule is N#Cc1ccc(NCc2ccccc2C2CC2)cc1C#N. The molecule has 3 rings (SSSR count). The molecular weight excluding hydrogens is 258 g/mol. The Morgan fingerprint density at radius 2 is 1.76 bits per heavy atom. The van der Waals surface area contributed by atoms with Gasteiger partial charge in [0.15, 0.2) is 0 Å². The van der Waals surface area contributed by atoms with E-state index >= 15 is 0 Å². The Kier molecular flexibility index (Phi) is 3.58. The molecular formula is C18H15N3. The summed E-state index contributed by atoms with van der Waals surface area (Å²) in [6.45, 7) is 0.740. The Morgan fingerprint density at radius 1 is 1.00 bits per heavy atom. The fourth-order valence-electron chi connectivity index (χ4n) is 2.53. The summed E-state index contributed by atoms with van der Waals surface area (Å²) >= 11 is 0. The number of benzene rings is 2. The highest BCUT2D eigenvalue weighted by Crippen LogP contribution is 2.41. The van der Waals surface area contributed by atoms with Crippen LogP contribution in [0.1, 0.15) is 41.0 Å². The van der Waals surface area contributed by atoms with Crippen molar-refractivity contribution >= 4 is 5.69 Å². The summed E-state index contributed by atoms with van der Waals surface area (Å²) in [5, 5.41) is 21.3. The molecule has 1 fully saturated rings. The van der Waals surface area contributed by atoms with Crippen LogP contribution in [-0.4, -0.2) is 0 Å². The Hall–Kier alpha value is -2.78. The molecule has 1 N–H and O–H groups in total. The maximum atomic E-state index is 9.06. The van der Waals surface area contributed by atoms with Crippen molar-refractivity contribution < 1.29 is 0 Å². The molecule has 1 aliphatic carbocycles. The molecule has 3 nitrogen and oxygen atoms in total. The monoisotopic (exact) mass is 273 g/mol. The van der Waals surface area contributed by atoms with Gasteiger partial charge in [-0.05, 0) is 48.1 Å². The van der Waals surface area contributed by atoms with Gasteiger partial charge in [-0.3, -0.25) is 0 Å². The highest BCUT2D eigenvalue weighted by Gasteiger charge is 2.25. The van der Waals surface area contributed by atoms with E-state index in [0.29, 0.717) is 11.1 Å². The molecule has 21 heavy (non-hydrogen) atoms. The fraction of sp³-hybridized carbons (Fsp3) is 0.222. The van der Waals surface area contributed by atoms with Gasteiger partial charge < -0.3 is 5.32 Å². The van der Waals surface area contributed by atoms with Crippen LogP contribution in [0.4, 0.5) is 5.69 Å². The largest absolute Gasteiger partial charge is 0.381 e. The average Bonchev–Trinajstić information content (AvgIpc) is 3.37. The summed E-state index contributed by atoms with van der Waals surface area (Å²) in [4.78, 5) is 0. The topological polar surface area (TPSA) is 59.6 Å². The predicted octanol–water partition coefficient (Wildman–Crippen LogP) is 3.92. The number of anilines is 1. The lowest BCUT2D eigenvalue weighted by Gasteiger charge is -2.11. The van der Waals surface area contributed by atoms with Crippen LogP contribution in [0.15, 0.2) is 42.5 Å². The number of hydrogen-bond acceptors (Lipinski definition) is 3. The zero-order chi connectivity index (χ0) is 14.7. The Bertz CT molecular complexity index is 746. The van der Waals surface area contributed by atoms with Crippen LogP contribution in [0, 0.1) is 22.7 Å². The van der Waals surface area contributed by atoms with Crippen LogP contribution < -0.4 is 5.32 Å². The third kappa shape index (κ3) is 2.88.